The van der Waals surface area contributed by atoms with E-state index in [0.29, 0.717) is 9.23 Å². The Balaban J connectivity index is 1.99. The van der Waals surface area contributed by atoms with Crippen LogP contribution in [-0.4, -0.2) is 40.1 Å². The zero-order valence-corrected chi connectivity index (χ0v) is 14.5. The van der Waals surface area contributed by atoms with E-state index in [2.05, 4.69) is 5.32 Å². The zero-order valence-electron chi connectivity index (χ0n) is 12.9. The molecule has 8 heteroatoms. The van der Waals surface area contributed by atoms with Crippen LogP contribution in [0.3, 0.4) is 0 Å². The zero-order chi connectivity index (χ0) is 17.7. The summed E-state index contributed by atoms with van der Waals surface area (Å²) in [5.41, 5.74) is 1.99. The molecule has 24 heavy (non-hydrogen) atoms. The minimum absolute atomic E-state index is 0.0465. The van der Waals surface area contributed by atoms with Crippen LogP contribution in [0.15, 0.2) is 29.2 Å². The third kappa shape index (κ3) is 4.90. The average molecular weight is 363 g/mol. The van der Waals surface area contributed by atoms with Crippen molar-refractivity contribution in [3.05, 3.63) is 40.3 Å². The second-order valence-electron chi connectivity index (χ2n) is 5.15. The molecule has 0 saturated carbocycles. The number of aliphatic carboxylic acids is 1. The molecule has 0 bridgehead atoms. The number of hydrogen-bond acceptors (Lipinski definition) is 6. The Labute approximate surface area is 148 Å². The van der Waals surface area contributed by atoms with E-state index in [-0.39, 0.29) is 25.4 Å². The number of carboxylic acids is 1. The summed E-state index contributed by atoms with van der Waals surface area (Å²) in [5.74, 6) is -2.05. The number of aryl methyl sites for hydroxylation is 1. The Morgan fingerprint density at radius 3 is 2.62 bits per heavy atom. The molecule has 1 saturated heterocycles. The van der Waals surface area contributed by atoms with Crippen molar-refractivity contribution in [3.63, 3.8) is 0 Å². The highest BCUT2D eigenvalue weighted by molar-refractivity contribution is 8.26. The smallest absolute Gasteiger partial charge is 0.266 e. The summed E-state index contributed by atoms with van der Waals surface area (Å²) in [7, 11) is 0. The van der Waals surface area contributed by atoms with E-state index >= 15 is 0 Å². The molecule has 0 aliphatic carbocycles. The molecule has 1 aliphatic heterocycles. The number of carboxylic acid groups (broad SMARTS) is 1. The van der Waals surface area contributed by atoms with Crippen molar-refractivity contribution in [1.82, 2.24) is 10.2 Å². The number of carbonyl (C=O) groups is 3. The molecule has 0 radical (unpaired) electrons. The summed E-state index contributed by atoms with van der Waals surface area (Å²) < 4.78 is 0.299. The van der Waals surface area contributed by atoms with E-state index in [9.17, 15) is 19.5 Å². The molecule has 1 aliphatic rings. The van der Waals surface area contributed by atoms with Gasteiger partial charge in [0.2, 0.25) is 5.91 Å². The minimum atomic E-state index is -1.25. The second kappa shape index (κ2) is 8.07. The summed E-state index contributed by atoms with van der Waals surface area (Å²) >= 11 is 6.28. The largest absolute Gasteiger partial charge is 0.550 e. The predicted molar refractivity (Wildman–Crippen MR) is 93.7 cm³/mol. The molecule has 1 N–H and O–H groups in total. The van der Waals surface area contributed by atoms with Gasteiger partial charge in [0.05, 0.1) is 4.91 Å². The third-order valence-corrected chi connectivity index (χ3v) is 4.58. The fourth-order valence-corrected chi connectivity index (χ4v) is 3.21. The van der Waals surface area contributed by atoms with Crippen LogP contribution in [-0.2, 0) is 14.4 Å². The Kier molecular flexibility index (Phi) is 6.10. The van der Waals surface area contributed by atoms with E-state index in [0.717, 1.165) is 22.9 Å². The van der Waals surface area contributed by atoms with Gasteiger partial charge in [-0.15, -0.1) is 0 Å². The van der Waals surface area contributed by atoms with Crippen molar-refractivity contribution in [2.24, 2.45) is 0 Å². The fraction of sp³-hybridized carbons (Fsp3) is 0.250. The molecule has 6 nitrogen and oxygen atoms in total. The van der Waals surface area contributed by atoms with Crippen LogP contribution in [0.25, 0.3) is 6.08 Å². The quantitative estimate of drug-likeness (QED) is 0.583. The molecule has 1 fully saturated rings. The van der Waals surface area contributed by atoms with Gasteiger partial charge in [-0.25, -0.2) is 0 Å². The van der Waals surface area contributed by atoms with Crippen LogP contribution >= 0.6 is 24.0 Å². The van der Waals surface area contributed by atoms with Crippen molar-refractivity contribution >= 4 is 52.2 Å². The van der Waals surface area contributed by atoms with E-state index in [1.54, 1.807) is 6.08 Å². The number of thioether (sulfide) groups is 1. The van der Waals surface area contributed by atoms with Gasteiger partial charge in [0.1, 0.15) is 10.9 Å². The van der Waals surface area contributed by atoms with Gasteiger partial charge >= 0.3 is 0 Å². The van der Waals surface area contributed by atoms with Crippen LogP contribution in [0, 0.1) is 6.92 Å². The highest BCUT2D eigenvalue weighted by Crippen LogP contribution is 2.32. The van der Waals surface area contributed by atoms with E-state index in [4.69, 9.17) is 12.2 Å². The third-order valence-electron chi connectivity index (χ3n) is 3.20. The molecular weight excluding hydrogens is 348 g/mol. The molecule has 0 spiro atoms. The maximum atomic E-state index is 12.4. The standard InChI is InChI=1S/C16H16N2O4S2/c1-10-2-4-11(5-3-10)8-12-15(22)18(16(23)24-12)9-13(19)17-7-6-14(20)21/h2-5,8H,6-7,9H2,1H3,(H,17,19)(H,20,21)/p-1/b12-8+. The Bertz CT molecular complexity index is 713. The molecule has 1 aromatic rings. The van der Waals surface area contributed by atoms with Crippen LogP contribution in [0.4, 0.5) is 0 Å². The molecule has 126 valence electrons. The van der Waals surface area contributed by atoms with E-state index < -0.39 is 11.9 Å². The molecule has 2 rings (SSSR count). The fourth-order valence-electron chi connectivity index (χ4n) is 1.95. The normalized spacial score (nSPS) is 15.9. The first-order valence-electron chi connectivity index (χ1n) is 7.15. The van der Waals surface area contributed by atoms with Crippen LogP contribution in [0.1, 0.15) is 17.5 Å². The SMILES string of the molecule is Cc1ccc(/C=C2/SC(=S)N(CC(=O)NCCC(=O)[O-])C2=O)cc1. The highest BCUT2D eigenvalue weighted by Gasteiger charge is 2.33. The maximum Gasteiger partial charge on any atom is 0.266 e. The summed E-state index contributed by atoms with van der Waals surface area (Å²) in [6.45, 7) is 1.69. The topological polar surface area (TPSA) is 89.5 Å². The molecule has 0 atom stereocenters. The minimum Gasteiger partial charge on any atom is -0.550 e. The number of nitrogens with zero attached hydrogens (tertiary/aromatic N) is 1. The summed E-state index contributed by atoms with van der Waals surface area (Å²) in [6.07, 6.45) is 1.45. The van der Waals surface area contributed by atoms with Gasteiger partial charge in [-0.1, -0.05) is 53.8 Å². The van der Waals surface area contributed by atoms with Gasteiger partial charge in [-0.05, 0) is 18.6 Å². The lowest BCUT2D eigenvalue weighted by atomic mass is 10.1. The Morgan fingerprint density at radius 2 is 2.00 bits per heavy atom. The van der Waals surface area contributed by atoms with Gasteiger partial charge in [0.15, 0.2) is 0 Å². The molecule has 1 heterocycles. The Hall–Kier alpha value is -2.19. The average Bonchev–Trinajstić information content (AvgIpc) is 2.77. The van der Waals surface area contributed by atoms with Gasteiger partial charge in [0, 0.05) is 18.9 Å². The van der Waals surface area contributed by atoms with Gasteiger partial charge in [0.25, 0.3) is 5.91 Å². The Morgan fingerprint density at radius 1 is 1.33 bits per heavy atom. The lowest BCUT2D eigenvalue weighted by Gasteiger charge is -2.14. The molecule has 0 unspecified atom stereocenters. The maximum absolute atomic E-state index is 12.4. The first-order chi connectivity index (χ1) is 11.4. The molecular formula is C16H15N2O4S2-. The molecule has 0 aromatic heterocycles. The number of nitrogens with one attached hydrogen (secondary N) is 1. The van der Waals surface area contributed by atoms with Crippen molar-refractivity contribution in [1.29, 1.82) is 0 Å². The first kappa shape index (κ1) is 18.2. The van der Waals surface area contributed by atoms with Crippen molar-refractivity contribution in [2.45, 2.75) is 13.3 Å². The van der Waals surface area contributed by atoms with Crippen molar-refractivity contribution in [3.8, 4) is 0 Å². The predicted octanol–water partition coefficient (Wildman–Crippen LogP) is 0.452. The van der Waals surface area contributed by atoms with Crippen molar-refractivity contribution in [2.75, 3.05) is 13.1 Å². The van der Waals surface area contributed by atoms with Gasteiger partial charge < -0.3 is 15.2 Å². The summed E-state index contributed by atoms with van der Waals surface area (Å²) in [5, 5.41) is 12.7. The highest BCUT2D eigenvalue weighted by atomic mass is 32.2. The van der Waals surface area contributed by atoms with Crippen LogP contribution in [0.5, 0.6) is 0 Å². The number of carbonyl (C=O) groups excluding carboxylic acids is 3. The number of rotatable bonds is 6. The lowest BCUT2D eigenvalue weighted by molar-refractivity contribution is -0.305. The summed E-state index contributed by atoms with van der Waals surface area (Å²) in [6, 6.07) is 7.68. The van der Waals surface area contributed by atoms with Gasteiger partial charge in [-0.2, -0.15) is 0 Å². The number of thiocarbonyl (C=S) groups is 1. The van der Waals surface area contributed by atoms with Crippen molar-refractivity contribution < 1.29 is 19.5 Å². The molecule has 2 amide bonds. The number of amides is 2. The monoisotopic (exact) mass is 363 g/mol. The number of hydrogen-bond donors (Lipinski definition) is 1. The van der Waals surface area contributed by atoms with E-state index in [1.165, 1.54) is 4.90 Å². The number of benzene rings is 1. The summed E-state index contributed by atoms with van der Waals surface area (Å²) in [4.78, 5) is 36.1. The van der Waals surface area contributed by atoms with Crippen LogP contribution < -0.4 is 10.4 Å². The lowest BCUT2D eigenvalue weighted by Crippen LogP contribution is -2.40. The van der Waals surface area contributed by atoms with Gasteiger partial charge in [-0.3, -0.25) is 14.5 Å². The van der Waals surface area contributed by atoms with E-state index in [1.807, 2.05) is 31.2 Å². The second-order valence-corrected chi connectivity index (χ2v) is 6.83. The molecule has 1 aromatic carbocycles. The first-order valence-corrected chi connectivity index (χ1v) is 8.38. The van der Waals surface area contributed by atoms with Crippen LogP contribution in [0.2, 0.25) is 0 Å².